The fraction of sp³-hybridized carbons (Fsp3) is 0. The third-order valence-electron chi connectivity index (χ3n) is 3.67. The molecule has 0 aliphatic carbocycles. The first-order valence-corrected chi connectivity index (χ1v) is 7.32. The summed E-state index contributed by atoms with van der Waals surface area (Å²) in [6.07, 6.45) is 0. The van der Waals surface area contributed by atoms with Crippen LogP contribution in [0.25, 0.3) is 10.8 Å². The highest BCUT2D eigenvalue weighted by molar-refractivity contribution is 6.07. The predicted molar refractivity (Wildman–Crippen MR) is 87.0 cm³/mol. The maximum absolute atomic E-state index is 12.4. The molecule has 0 spiro atoms. The number of anilines is 1. The van der Waals surface area contributed by atoms with E-state index in [4.69, 9.17) is 0 Å². The van der Waals surface area contributed by atoms with Gasteiger partial charge in [-0.15, -0.1) is 0 Å². The second-order valence-corrected chi connectivity index (χ2v) is 5.39. The van der Waals surface area contributed by atoms with Gasteiger partial charge in [0.2, 0.25) is 0 Å². The van der Waals surface area contributed by atoms with Gasteiger partial charge in [-0.1, -0.05) is 30.3 Å². The number of hydrogen-bond acceptors (Lipinski definition) is 5. The molecule has 0 radical (unpaired) electrons. The van der Waals surface area contributed by atoms with Gasteiger partial charge in [-0.3, -0.25) is 4.79 Å². The highest BCUT2D eigenvalue weighted by atomic mass is 16.4. The average molecular weight is 333 g/mol. The van der Waals surface area contributed by atoms with Crippen LogP contribution in [-0.2, 0) is 0 Å². The fourth-order valence-electron chi connectivity index (χ4n) is 2.47. The van der Waals surface area contributed by atoms with Crippen molar-refractivity contribution in [1.29, 1.82) is 0 Å². The highest BCUT2D eigenvalue weighted by Crippen LogP contribution is 2.19. The Morgan fingerprint density at radius 3 is 1.88 bits per heavy atom. The molecule has 0 unspecified atom stereocenters. The van der Waals surface area contributed by atoms with Crippen LogP contribution in [0.15, 0.2) is 60.7 Å². The minimum absolute atomic E-state index is 0.0269. The number of carboxylic acids is 2. The van der Waals surface area contributed by atoms with E-state index in [-0.39, 0.29) is 16.8 Å². The Morgan fingerprint density at radius 2 is 1.28 bits per heavy atom. The molecule has 0 aliphatic rings. The van der Waals surface area contributed by atoms with Crippen molar-refractivity contribution in [2.45, 2.75) is 0 Å². The lowest BCUT2D eigenvalue weighted by molar-refractivity contribution is -0.255. The zero-order chi connectivity index (χ0) is 18.0. The monoisotopic (exact) mass is 333 g/mol. The molecule has 3 rings (SSSR count). The molecule has 0 atom stereocenters. The van der Waals surface area contributed by atoms with Crippen LogP contribution < -0.4 is 15.5 Å². The second-order valence-electron chi connectivity index (χ2n) is 5.39. The minimum atomic E-state index is -1.55. The molecule has 124 valence electrons. The van der Waals surface area contributed by atoms with Gasteiger partial charge in [0.25, 0.3) is 5.91 Å². The summed E-state index contributed by atoms with van der Waals surface area (Å²) in [7, 11) is 0. The van der Waals surface area contributed by atoms with E-state index in [0.717, 1.165) is 29.0 Å². The number of fused-ring (bicyclic) bond motifs is 1. The van der Waals surface area contributed by atoms with Gasteiger partial charge in [0.1, 0.15) is 0 Å². The molecule has 1 amide bonds. The van der Waals surface area contributed by atoms with Crippen molar-refractivity contribution in [3.05, 3.63) is 77.4 Å². The average Bonchev–Trinajstić information content (AvgIpc) is 2.60. The van der Waals surface area contributed by atoms with Gasteiger partial charge in [0.05, 0.1) is 11.9 Å². The molecule has 0 saturated carbocycles. The quantitative estimate of drug-likeness (QED) is 0.760. The molecular weight excluding hydrogens is 322 g/mol. The maximum Gasteiger partial charge on any atom is 0.255 e. The number of carbonyl (C=O) groups is 3. The predicted octanol–water partition coefficient (Wildman–Crippen LogP) is 0.819. The van der Waals surface area contributed by atoms with Gasteiger partial charge in [-0.05, 0) is 52.2 Å². The lowest BCUT2D eigenvalue weighted by Gasteiger charge is -2.12. The Balaban J connectivity index is 1.93. The molecule has 0 aliphatic heterocycles. The van der Waals surface area contributed by atoms with Crippen LogP contribution in [0.3, 0.4) is 0 Å². The largest absolute Gasteiger partial charge is 0.545 e. The molecule has 25 heavy (non-hydrogen) atoms. The van der Waals surface area contributed by atoms with Crippen molar-refractivity contribution in [3.8, 4) is 0 Å². The van der Waals surface area contributed by atoms with E-state index in [1.807, 2.05) is 24.3 Å². The number of hydrogen-bond donors (Lipinski definition) is 1. The third kappa shape index (κ3) is 3.48. The van der Waals surface area contributed by atoms with Gasteiger partial charge in [0, 0.05) is 11.3 Å². The molecule has 0 fully saturated rings. The van der Waals surface area contributed by atoms with Gasteiger partial charge in [0.15, 0.2) is 0 Å². The minimum Gasteiger partial charge on any atom is -0.545 e. The second kappa shape index (κ2) is 6.45. The zero-order valence-corrected chi connectivity index (χ0v) is 12.8. The molecule has 3 aromatic rings. The summed E-state index contributed by atoms with van der Waals surface area (Å²) in [4.78, 5) is 34.4. The van der Waals surface area contributed by atoms with Crippen molar-refractivity contribution >= 4 is 34.3 Å². The highest BCUT2D eigenvalue weighted by Gasteiger charge is 2.09. The summed E-state index contributed by atoms with van der Waals surface area (Å²) in [5.41, 5.74) is -0.349. The SMILES string of the molecule is O=C([O-])c1cc(NC(=O)c2ccc3ccccc3c2)cc(C(=O)[O-])c1. The van der Waals surface area contributed by atoms with Gasteiger partial charge in [-0.25, -0.2) is 0 Å². The first-order valence-electron chi connectivity index (χ1n) is 7.32. The summed E-state index contributed by atoms with van der Waals surface area (Å²) in [6, 6.07) is 15.8. The summed E-state index contributed by atoms with van der Waals surface area (Å²) in [5, 5.41) is 26.3. The van der Waals surface area contributed by atoms with Gasteiger partial charge < -0.3 is 25.1 Å². The van der Waals surface area contributed by atoms with Crippen LogP contribution in [0.4, 0.5) is 5.69 Å². The van der Waals surface area contributed by atoms with E-state index < -0.39 is 17.8 Å². The van der Waals surface area contributed by atoms with E-state index in [2.05, 4.69) is 5.32 Å². The Bertz CT molecular complexity index is 977. The Morgan fingerprint density at radius 1 is 0.680 bits per heavy atom. The van der Waals surface area contributed by atoms with Crippen molar-refractivity contribution in [3.63, 3.8) is 0 Å². The smallest absolute Gasteiger partial charge is 0.255 e. The molecule has 0 heterocycles. The Labute approximate surface area is 142 Å². The number of amides is 1. The number of carboxylic acid groups (broad SMARTS) is 2. The lowest BCUT2D eigenvalue weighted by Crippen LogP contribution is -2.26. The van der Waals surface area contributed by atoms with Crippen molar-refractivity contribution in [2.24, 2.45) is 0 Å². The standard InChI is InChI=1S/C19H13NO5/c21-17(13-6-5-11-3-1-2-4-12(11)7-13)20-16-9-14(18(22)23)8-15(10-16)19(24)25/h1-10H,(H,20,21)(H,22,23)(H,24,25)/p-2. The molecule has 0 saturated heterocycles. The maximum atomic E-state index is 12.4. The topological polar surface area (TPSA) is 109 Å². The van der Waals surface area contributed by atoms with Crippen LogP contribution in [-0.4, -0.2) is 17.8 Å². The van der Waals surface area contributed by atoms with Gasteiger partial charge in [-0.2, -0.15) is 0 Å². The zero-order valence-electron chi connectivity index (χ0n) is 12.8. The van der Waals surface area contributed by atoms with E-state index in [9.17, 15) is 24.6 Å². The molecule has 6 nitrogen and oxygen atoms in total. The molecular formula is C19H11NO5-2. The lowest BCUT2D eigenvalue weighted by atomic mass is 10.1. The normalized spacial score (nSPS) is 10.4. The molecule has 0 bridgehead atoms. The number of benzene rings is 3. The summed E-state index contributed by atoms with van der Waals surface area (Å²) in [6.45, 7) is 0. The Hall–Kier alpha value is -3.67. The molecule has 3 aromatic carbocycles. The fourth-order valence-corrected chi connectivity index (χ4v) is 2.47. The van der Waals surface area contributed by atoms with Gasteiger partial charge >= 0.3 is 0 Å². The van der Waals surface area contributed by atoms with Crippen molar-refractivity contribution in [2.75, 3.05) is 5.32 Å². The van der Waals surface area contributed by atoms with Crippen LogP contribution in [0.2, 0.25) is 0 Å². The number of carbonyl (C=O) groups excluding carboxylic acids is 3. The number of nitrogens with one attached hydrogen (secondary N) is 1. The molecule has 0 aromatic heterocycles. The molecule has 1 N–H and O–H groups in total. The van der Waals surface area contributed by atoms with Crippen molar-refractivity contribution in [1.82, 2.24) is 0 Å². The van der Waals surface area contributed by atoms with E-state index in [1.54, 1.807) is 18.2 Å². The van der Waals surface area contributed by atoms with E-state index in [0.29, 0.717) is 5.56 Å². The third-order valence-corrected chi connectivity index (χ3v) is 3.67. The van der Waals surface area contributed by atoms with Crippen LogP contribution in [0, 0.1) is 0 Å². The van der Waals surface area contributed by atoms with Crippen LogP contribution in [0.5, 0.6) is 0 Å². The van der Waals surface area contributed by atoms with E-state index in [1.165, 1.54) is 0 Å². The summed E-state index contributed by atoms with van der Waals surface area (Å²) < 4.78 is 0. The van der Waals surface area contributed by atoms with Crippen LogP contribution in [0.1, 0.15) is 31.1 Å². The summed E-state index contributed by atoms with van der Waals surface area (Å²) >= 11 is 0. The van der Waals surface area contributed by atoms with Crippen molar-refractivity contribution < 1.29 is 24.6 Å². The number of aromatic carboxylic acids is 2. The van der Waals surface area contributed by atoms with E-state index >= 15 is 0 Å². The first-order chi connectivity index (χ1) is 11.9. The Kier molecular flexibility index (Phi) is 4.18. The molecule has 6 heteroatoms. The first kappa shape index (κ1) is 16.2. The van der Waals surface area contributed by atoms with Crippen LogP contribution >= 0.6 is 0 Å². The summed E-state index contributed by atoms with van der Waals surface area (Å²) in [5.74, 6) is -3.60. The number of rotatable bonds is 4.